The first-order valence-corrected chi connectivity index (χ1v) is 9.24. The molecule has 8 heteroatoms. The molecular weight excluding hydrogens is 336 g/mol. The molecule has 130 valence electrons. The van der Waals surface area contributed by atoms with Crippen molar-refractivity contribution in [2.24, 2.45) is 7.05 Å². The highest BCUT2D eigenvalue weighted by molar-refractivity contribution is 7.16. The average molecular weight is 356 g/mol. The average Bonchev–Trinajstić information content (AvgIpc) is 3.21. The van der Waals surface area contributed by atoms with E-state index >= 15 is 0 Å². The van der Waals surface area contributed by atoms with Gasteiger partial charge in [-0.2, -0.15) is 5.10 Å². The Labute approximate surface area is 149 Å². The van der Waals surface area contributed by atoms with E-state index < -0.39 is 0 Å². The van der Waals surface area contributed by atoms with Gasteiger partial charge in [-0.05, 0) is 37.3 Å². The molecule has 0 radical (unpaired) electrons. The van der Waals surface area contributed by atoms with Crippen molar-refractivity contribution in [1.29, 1.82) is 0 Å². The predicted molar refractivity (Wildman–Crippen MR) is 98.1 cm³/mol. The summed E-state index contributed by atoms with van der Waals surface area (Å²) in [5, 5.41) is 10.5. The number of carbonyl (C=O) groups excluding carboxylic acids is 1. The van der Waals surface area contributed by atoms with Crippen molar-refractivity contribution in [3.8, 4) is 0 Å². The maximum absolute atomic E-state index is 12.4. The van der Waals surface area contributed by atoms with Crippen molar-refractivity contribution in [3.05, 3.63) is 35.2 Å². The minimum absolute atomic E-state index is 0.0520. The Bertz CT molecular complexity index is 909. The zero-order valence-corrected chi connectivity index (χ0v) is 15.1. The van der Waals surface area contributed by atoms with Crippen LogP contribution in [0, 0.1) is 6.92 Å². The smallest absolute Gasteiger partial charge is 0.269 e. The van der Waals surface area contributed by atoms with Crippen LogP contribution in [0.4, 0.5) is 5.82 Å². The van der Waals surface area contributed by atoms with E-state index in [4.69, 9.17) is 0 Å². The van der Waals surface area contributed by atoms with Crippen LogP contribution in [0.3, 0.4) is 0 Å². The standard InChI is InChI=1S/C17H20N6OS/c1-11-9-14(22(2)21-11)16(24)20-12-3-6-23(7-4-12)15-13-5-8-25-17(13)19-10-18-15/h5,8-10,12H,3-4,6-7H2,1-2H3,(H,20,24). The van der Waals surface area contributed by atoms with Crippen LogP contribution in [0.1, 0.15) is 29.0 Å². The van der Waals surface area contributed by atoms with Crippen LogP contribution >= 0.6 is 11.3 Å². The van der Waals surface area contributed by atoms with Crippen molar-refractivity contribution in [2.75, 3.05) is 18.0 Å². The fraction of sp³-hybridized carbons (Fsp3) is 0.412. The lowest BCUT2D eigenvalue weighted by Gasteiger charge is -2.33. The van der Waals surface area contributed by atoms with Crippen molar-refractivity contribution < 1.29 is 4.79 Å². The summed E-state index contributed by atoms with van der Waals surface area (Å²) in [6, 6.07) is 4.07. The molecule has 1 aliphatic rings. The number of nitrogens with one attached hydrogen (secondary N) is 1. The zero-order valence-electron chi connectivity index (χ0n) is 14.3. The number of thiophene rings is 1. The lowest BCUT2D eigenvalue weighted by atomic mass is 10.0. The molecule has 7 nitrogen and oxygen atoms in total. The Morgan fingerprint density at radius 3 is 2.84 bits per heavy atom. The topological polar surface area (TPSA) is 75.9 Å². The molecule has 4 rings (SSSR count). The van der Waals surface area contributed by atoms with E-state index in [1.54, 1.807) is 29.4 Å². The van der Waals surface area contributed by atoms with E-state index in [2.05, 4.69) is 31.3 Å². The highest BCUT2D eigenvalue weighted by Crippen LogP contribution is 2.28. The number of anilines is 1. The fourth-order valence-electron chi connectivity index (χ4n) is 3.35. The number of aryl methyl sites for hydroxylation is 2. The Morgan fingerprint density at radius 1 is 1.32 bits per heavy atom. The largest absolute Gasteiger partial charge is 0.356 e. The summed E-state index contributed by atoms with van der Waals surface area (Å²) in [7, 11) is 1.80. The SMILES string of the molecule is Cc1cc(C(=O)NC2CCN(c3ncnc4sccc34)CC2)n(C)n1. The van der Waals surface area contributed by atoms with E-state index in [1.807, 2.05) is 18.4 Å². The van der Waals surface area contributed by atoms with Crippen LogP contribution in [-0.2, 0) is 7.05 Å². The molecule has 25 heavy (non-hydrogen) atoms. The quantitative estimate of drug-likeness (QED) is 0.778. The molecule has 0 aliphatic carbocycles. The number of piperidine rings is 1. The molecule has 4 heterocycles. The summed E-state index contributed by atoms with van der Waals surface area (Å²) >= 11 is 1.63. The normalized spacial score (nSPS) is 15.7. The van der Waals surface area contributed by atoms with Gasteiger partial charge in [0.15, 0.2) is 0 Å². The number of hydrogen-bond acceptors (Lipinski definition) is 6. The molecule has 0 atom stereocenters. The molecule has 1 amide bonds. The predicted octanol–water partition coefficient (Wildman–Crippen LogP) is 2.13. The molecule has 0 saturated carbocycles. The number of fused-ring (bicyclic) bond motifs is 1. The Morgan fingerprint density at radius 2 is 2.12 bits per heavy atom. The third-order valence-electron chi connectivity index (χ3n) is 4.61. The van der Waals surface area contributed by atoms with Gasteiger partial charge in [-0.25, -0.2) is 9.97 Å². The van der Waals surface area contributed by atoms with Crippen LogP contribution in [0.5, 0.6) is 0 Å². The summed E-state index contributed by atoms with van der Waals surface area (Å²) in [6.07, 6.45) is 3.43. The number of nitrogens with zero attached hydrogens (tertiary/aromatic N) is 5. The van der Waals surface area contributed by atoms with Gasteiger partial charge in [-0.1, -0.05) is 0 Å². The summed E-state index contributed by atoms with van der Waals surface area (Å²) < 4.78 is 1.63. The molecule has 0 bridgehead atoms. The van der Waals surface area contributed by atoms with Crippen LogP contribution in [0.25, 0.3) is 10.2 Å². The van der Waals surface area contributed by atoms with E-state index in [9.17, 15) is 4.79 Å². The molecule has 1 aliphatic heterocycles. The summed E-state index contributed by atoms with van der Waals surface area (Å²) in [6.45, 7) is 3.64. The highest BCUT2D eigenvalue weighted by atomic mass is 32.1. The van der Waals surface area contributed by atoms with Crippen LogP contribution < -0.4 is 10.2 Å². The van der Waals surface area contributed by atoms with Crippen molar-refractivity contribution in [1.82, 2.24) is 25.1 Å². The first-order valence-electron chi connectivity index (χ1n) is 8.36. The van der Waals surface area contributed by atoms with Crippen molar-refractivity contribution >= 4 is 33.3 Å². The third kappa shape index (κ3) is 3.09. The van der Waals surface area contributed by atoms with Gasteiger partial charge in [0, 0.05) is 26.2 Å². The summed E-state index contributed by atoms with van der Waals surface area (Å²) in [5.74, 6) is 0.946. The van der Waals surface area contributed by atoms with Gasteiger partial charge in [0.05, 0.1) is 11.1 Å². The van der Waals surface area contributed by atoms with Crippen molar-refractivity contribution in [3.63, 3.8) is 0 Å². The summed E-state index contributed by atoms with van der Waals surface area (Å²) in [4.78, 5) is 24.5. The number of hydrogen-bond donors (Lipinski definition) is 1. The second-order valence-electron chi connectivity index (χ2n) is 6.37. The number of rotatable bonds is 3. The van der Waals surface area contributed by atoms with E-state index in [-0.39, 0.29) is 11.9 Å². The lowest BCUT2D eigenvalue weighted by molar-refractivity contribution is 0.0921. The first-order chi connectivity index (χ1) is 12.1. The molecule has 1 saturated heterocycles. The van der Waals surface area contributed by atoms with Crippen LogP contribution in [0.15, 0.2) is 23.8 Å². The molecule has 0 spiro atoms. The molecule has 3 aromatic heterocycles. The fourth-order valence-corrected chi connectivity index (χ4v) is 4.07. The number of amides is 1. The molecule has 0 aromatic carbocycles. The zero-order chi connectivity index (χ0) is 17.4. The Balaban J connectivity index is 1.41. The lowest BCUT2D eigenvalue weighted by Crippen LogP contribution is -2.45. The maximum atomic E-state index is 12.4. The van der Waals surface area contributed by atoms with Gasteiger partial charge < -0.3 is 10.2 Å². The van der Waals surface area contributed by atoms with Gasteiger partial charge >= 0.3 is 0 Å². The monoisotopic (exact) mass is 356 g/mol. The van der Waals surface area contributed by atoms with Crippen molar-refractivity contribution in [2.45, 2.75) is 25.8 Å². The number of carbonyl (C=O) groups is 1. The maximum Gasteiger partial charge on any atom is 0.269 e. The van der Waals surface area contributed by atoms with Gasteiger partial charge in [0.2, 0.25) is 0 Å². The second kappa shape index (κ2) is 6.44. The summed E-state index contributed by atoms with van der Waals surface area (Å²) in [5.41, 5.74) is 1.46. The molecular formula is C17H20N6OS. The van der Waals surface area contributed by atoms with Gasteiger partial charge in [-0.3, -0.25) is 9.48 Å². The third-order valence-corrected chi connectivity index (χ3v) is 5.43. The minimum Gasteiger partial charge on any atom is -0.356 e. The van der Waals surface area contributed by atoms with E-state index in [0.29, 0.717) is 5.69 Å². The Hall–Kier alpha value is -2.48. The molecule has 3 aromatic rings. The Kier molecular flexibility index (Phi) is 4.12. The minimum atomic E-state index is -0.0520. The van der Waals surface area contributed by atoms with E-state index in [1.165, 1.54) is 0 Å². The van der Waals surface area contributed by atoms with Gasteiger partial charge in [0.25, 0.3) is 5.91 Å². The highest BCUT2D eigenvalue weighted by Gasteiger charge is 2.24. The van der Waals surface area contributed by atoms with E-state index in [0.717, 1.165) is 47.7 Å². The first kappa shape index (κ1) is 16.0. The van der Waals surface area contributed by atoms with Gasteiger partial charge in [-0.15, -0.1) is 11.3 Å². The molecule has 0 unspecified atom stereocenters. The number of aromatic nitrogens is 4. The molecule has 1 N–H and O–H groups in total. The molecule has 1 fully saturated rings. The van der Waals surface area contributed by atoms with Crippen LogP contribution in [0.2, 0.25) is 0 Å². The van der Waals surface area contributed by atoms with Crippen LogP contribution in [-0.4, -0.2) is 44.8 Å². The van der Waals surface area contributed by atoms with Gasteiger partial charge in [0.1, 0.15) is 22.7 Å². The second-order valence-corrected chi connectivity index (χ2v) is 7.26.